The minimum Gasteiger partial charge on any atom is -1.00 e. The lowest BCUT2D eigenvalue weighted by molar-refractivity contribution is -0.00000455. The molecular weight excluding hydrogens is 394 g/mol. The highest BCUT2D eigenvalue weighted by Crippen LogP contribution is 2.30. The molecule has 3 heteroatoms. The van der Waals surface area contributed by atoms with Crippen LogP contribution in [-0.4, -0.2) is 0 Å². The Labute approximate surface area is 144 Å². The van der Waals surface area contributed by atoms with Crippen LogP contribution in [0.15, 0.2) is 99.6 Å². The Morgan fingerprint density at radius 1 is 0.524 bits per heavy atom. The van der Waals surface area contributed by atoms with E-state index >= 15 is 0 Å². The predicted molar refractivity (Wildman–Crippen MR) is 81.4 cm³/mol. The average molecular weight is 408 g/mol. The quantitative estimate of drug-likeness (QED) is 0.459. The lowest BCUT2D eigenvalue weighted by Crippen LogP contribution is -3.00. The fraction of sp³-hybridized carbons (Fsp3) is 0. The molecule has 3 aromatic rings. The Morgan fingerprint density at radius 3 is 1.33 bits per heavy atom. The molecule has 0 aromatic heterocycles. The van der Waals surface area contributed by atoms with Crippen molar-refractivity contribution in [1.82, 2.24) is 0 Å². The van der Waals surface area contributed by atoms with Crippen LogP contribution >= 0.6 is 0 Å². The van der Waals surface area contributed by atoms with Crippen LogP contribution in [0.1, 0.15) is 0 Å². The molecule has 0 unspecified atom stereocenters. The predicted octanol–water partition coefficient (Wildman–Crippen LogP) is 1.93. The zero-order chi connectivity index (χ0) is 13.8. The van der Waals surface area contributed by atoms with Gasteiger partial charge in [0.2, 0.25) is 0 Å². The highest BCUT2D eigenvalue weighted by molar-refractivity contribution is 7.97. The zero-order valence-corrected chi connectivity index (χ0v) is 14.2. The second kappa shape index (κ2) is 7.61. The third kappa shape index (κ3) is 3.86. The SMILES string of the molecule is Fc1ccc([S+](c2ccccc2)c2ccccc2)cc1.[I-]. The van der Waals surface area contributed by atoms with Gasteiger partial charge >= 0.3 is 0 Å². The second-order valence-electron chi connectivity index (χ2n) is 4.39. The Balaban J connectivity index is 0.00000161. The summed E-state index contributed by atoms with van der Waals surface area (Å²) in [6.45, 7) is 0. The molecule has 0 saturated carbocycles. The van der Waals surface area contributed by atoms with Crippen molar-refractivity contribution >= 4 is 10.9 Å². The minimum absolute atomic E-state index is 0. The second-order valence-corrected chi connectivity index (χ2v) is 6.41. The Hall–Kier alpha value is -1.33. The van der Waals surface area contributed by atoms with Gasteiger partial charge in [-0.2, -0.15) is 0 Å². The van der Waals surface area contributed by atoms with Crippen molar-refractivity contribution in [3.63, 3.8) is 0 Å². The van der Waals surface area contributed by atoms with Gasteiger partial charge in [-0.3, -0.25) is 0 Å². The van der Waals surface area contributed by atoms with Crippen LogP contribution < -0.4 is 24.0 Å². The average Bonchev–Trinajstić information content (AvgIpc) is 2.52. The van der Waals surface area contributed by atoms with Gasteiger partial charge in [0, 0.05) is 0 Å². The topological polar surface area (TPSA) is 0 Å². The van der Waals surface area contributed by atoms with Crippen molar-refractivity contribution in [2.24, 2.45) is 0 Å². The molecule has 0 heterocycles. The molecule has 0 fully saturated rings. The van der Waals surface area contributed by atoms with Gasteiger partial charge in [0.25, 0.3) is 0 Å². The largest absolute Gasteiger partial charge is 1.00 e. The zero-order valence-electron chi connectivity index (χ0n) is 11.2. The first-order valence-corrected chi connectivity index (χ1v) is 7.67. The number of hydrogen-bond donors (Lipinski definition) is 0. The Kier molecular flexibility index (Phi) is 5.82. The number of benzene rings is 3. The summed E-state index contributed by atoms with van der Waals surface area (Å²) in [4.78, 5) is 3.61. The molecule has 0 spiro atoms. The summed E-state index contributed by atoms with van der Waals surface area (Å²) in [7, 11) is -0.190. The highest BCUT2D eigenvalue weighted by Gasteiger charge is 2.27. The summed E-state index contributed by atoms with van der Waals surface area (Å²) < 4.78 is 13.2. The van der Waals surface area contributed by atoms with Crippen molar-refractivity contribution in [1.29, 1.82) is 0 Å². The Morgan fingerprint density at radius 2 is 0.905 bits per heavy atom. The van der Waals surface area contributed by atoms with Gasteiger partial charge in [0.1, 0.15) is 5.82 Å². The van der Waals surface area contributed by atoms with E-state index < -0.39 is 0 Å². The van der Waals surface area contributed by atoms with E-state index in [1.165, 1.54) is 21.9 Å². The van der Waals surface area contributed by atoms with Crippen molar-refractivity contribution in [2.45, 2.75) is 14.7 Å². The first-order chi connectivity index (χ1) is 9.84. The van der Waals surface area contributed by atoms with Gasteiger partial charge in [-0.05, 0) is 48.5 Å². The van der Waals surface area contributed by atoms with Crippen molar-refractivity contribution < 1.29 is 28.4 Å². The summed E-state index contributed by atoms with van der Waals surface area (Å²) >= 11 is 0. The van der Waals surface area contributed by atoms with Gasteiger partial charge in [-0.25, -0.2) is 4.39 Å². The molecule has 3 aromatic carbocycles. The minimum atomic E-state index is -0.196. The highest BCUT2D eigenvalue weighted by atomic mass is 127. The molecule has 106 valence electrons. The third-order valence-electron chi connectivity index (χ3n) is 3.01. The van der Waals surface area contributed by atoms with Gasteiger partial charge < -0.3 is 24.0 Å². The fourth-order valence-corrected chi connectivity index (χ4v) is 4.18. The molecule has 0 nitrogen and oxygen atoms in total. The van der Waals surface area contributed by atoms with Crippen LogP contribution in [0.25, 0.3) is 0 Å². The molecule has 3 rings (SSSR count). The van der Waals surface area contributed by atoms with Gasteiger partial charge in [-0.1, -0.05) is 36.4 Å². The molecule has 0 amide bonds. The van der Waals surface area contributed by atoms with E-state index in [0.29, 0.717) is 0 Å². The van der Waals surface area contributed by atoms with E-state index in [-0.39, 0.29) is 40.7 Å². The Bertz CT molecular complexity index is 629. The molecule has 0 N–H and O–H groups in total. The molecule has 0 aliphatic rings. The van der Waals surface area contributed by atoms with Crippen LogP contribution in [0.4, 0.5) is 4.39 Å². The molecule has 21 heavy (non-hydrogen) atoms. The monoisotopic (exact) mass is 408 g/mol. The van der Waals surface area contributed by atoms with E-state index in [0.717, 1.165) is 4.90 Å². The van der Waals surface area contributed by atoms with E-state index in [2.05, 4.69) is 24.3 Å². The summed E-state index contributed by atoms with van der Waals surface area (Å²) in [5.74, 6) is -0.196. The number of halogens is 2. The van der Waals surface area contributed by atoms with Gasteiger partial charge in [0.05, 0.1) is 10.9 Å². The summed E-state index contributed by atoms with van der Waals surface area (Å²) in [6.07, 6.45) is 0. The smallest absolute Gasteiger partial charge is 0.166 e. The summed E-state index contributed by atoms with van der Waals surface area (Å²) in [5.41, 5.74) is 0. The summed E-state index contributed by atoms with van der Waals surface area (Å²) in [6, 6.07) is 27.5. The number of rotatable bonds is 3. The number of hydrogen-bond acceptors (Lipinski definition) is 0. The maximum absolute atomic E-state index is 13.2. The lowest BCUT2D eigenvalue weighted by Gasteiger charge is -2.07. The summed E-state index contributed by atoms with van der Waals surface area (Å²) in [5, 5.41) is 0. The molecule has 0 aliphatic heterocycles. The van der Waals surface area contributed by atoms with E-state index in [1.807, 2.05) is 48.5 Å². The molecule has 0 bridgehead atoms. The van der Waals surface area contributed by atoms with E-state index in [9.17, 15) is 4.39 Å². The van der Waals surface area contributed by atoms with Gasteiger partial charge in [-0.15, -0.1) is 0 Å². The van der Waals surface area contributed by atoms with Crippen molar-refractivity contribution in [2.75, 3.05) is 0 Å². The van der Waals surface area contributed by atoms with Gasteiger partial charge in [0.15, 0.2) is 14.7 Å². The third-order valence-corrected chi connectivity index (χ3v) is 5.24. The molecule has 0 atom stereocenters. The standard InChI is InChI=1S/C18H14FS.HI/c19-15-11-13-18(14-12-15)20(16-7-3-1-4-8-16)17-9-5-2-6-10-17;/h1-14H;1H/q+1;/p-1. The van der Waals surface area contributed by atoms with E-state index in [4.69, 9.17) is 0 Å². The van der Waals surface area contributed by atoms with Crippen molar-refractivity contribution in [3.05, 3.63) is 90.7 Å². The molecule has 0 aliphatic carbocycles. The fourth-order valence-electron chi connectivity index (χ4n) is 2.09. The first kappa shape index (κ1) is 16.0. The van der Waals surface area contributed by atoms with Crippen LogP contribution in [0.2, 0.25) is 0 Å². The maximum Gasteiger partial charge on any atom is 0.166 e. The van der Waals surface area contributed by atoms with Crippen LogP contribution in [-0.2, 0) is 10.9 Å². The van der Waals surface area contributed by atoms with E-state index in [1.54, 1.807) is 0 Å². The maximum atomic E-state index is 13.2. The molecule has 0 radical (unpaired) electrons. The van der Waals surface area contributed by atoms with Crippen LogP contribution in [0, 0.1) is 5.82 Å². The lowest BCUT2D eigenvalue weighted by atomic mass is 10.3. The first-order valence-electron chi connectivity index (χ1n) is 6.44. The van der Waals surface area contributed by atoms with Crippen molar-refractivity contribution in [3.8, 4) is 0 Å². The van der Waals surface area contributed by atoms with Crippen LogP contribution in [0.3, 0.4) is 0 Å². The van der Waals surface area contributed by atoms with Crippen LogP contribution in [0.5, 0.6) is 0 Å². The molecular formula is C18H14FIS. The molecule has 0 saturated heterocycles. The normalized spacial score (nSPS) is 10.2.